The second-order valence-corrected chi connectivity index (χ2v) is 5.76. The van der Waals surface area contributed by atoms with Crippen LogP contribution >= 0.6 is 11.8 Å². The van der Waals surface area contributed by atoms with E-state index in [1.165, 1.54) is 0 Å². The van der Waals surface area contributed by atoms with E-state index >= 15 is 0 Å². The molecular weight excluding hydrogens is 250 g/mol. The summed E-state index contributed by atoms with van der Waals surface area (Å²) >= 11 is 1.62. The Kier molecular flexibility index (Phi) is 4.04. The minimum atomic E-state index is -0.723. The van der Waals surface area contributed by atoms with Crippen molar-refractivity contribution in [2.45, 2.75) is 18.6 Å². The Balaban J connectivity index is 1.98. The molecule has 0 amide bonds. The van der Waals surface area contributed by atoms with Crippen molar-refractivity contribution >= 4 is 11.8 Å². The Morgan fingerprint density at radius 2 is 2.33 bits per heavy atom. The van der Waals surface area contributed by atoms with Gasteiger partial charge in [0.2, 0.25) is 0 Å². The van der Waals surface area contributed by atoms with E-state index in [2.05, 4.69) is 5.32 Å². The zero-order valence-corrected chi connectivity index (χ0v) is 11.5. The highest BCUT2D eigenvalue weighted by molar-refractivity contribution is 7.98. The molecule has 3 N–H and O–H groups in total. The van der Waals surface area contributed by atoms with E-state index in [0.29, 0.717) is 18.9 Å². The lowest BCUT2D eigenvalue weighted by atomic mass is 10.1. The molecule has 4 nitrogen and oxygen atoms in total. The lowest BCUT2D eigenvalue weighted by molar-refractivity contribution is 0.0803. The summed E-state index contributed by atoms with van der Waals surface area (Å²) < 4.78 is 5.51. The molecule has 2 atom stereocenters. The topological polar surface area (TPSA) is 61.7 Å². The zero-order chi connectivity index (χ0) is 13.2. The number of phenolic OH excluding ortho intramolecular Hbond substituents is 1. The largest absolute Gasteiger partial charge is 0.508 e. The summed E-state index contributed by atoms with van der Waals surface area (Å²) in [5.41, 5.74) is 0.312. The van der Waals surface area contributed by atoms with Crippen LogP contribution in [0, 0.1) is 0 Å². The van der Waals surface area contributed by atoms with Gasteiger partial charge in [-0.15, -0.1) is 0 Å². The van der Waals surface area contributed by atoms with Gasteiger partial charge in [-0.2, -0.15) is 11.8 Å². The number of thioether (sulfide) groups is 1. The van der Waals surface area contributed by atoms with Crippen LogP contribution in [0.5, 0.6) is 11.5 Å². The molecule has 0 spiro atoms. The first-order valence-corrected chi connectivity index (χ1v) is 7.32. The Bertz CT molecular complexity index is 423. The summed E-state index contributed by atoms with van der Waals surface area (Å²) in [4.78, 5) is 0. The quantitative estimate of drug-likeness (QED) is 0.756. The number of aliphatic hydroxyl groups is 1. The first-order valence-electron chi connectivity index (χ1n) is 5.92. The van der Waals surface area contributed by atoms with Crippen molar-refractivity contribution in [2.75, 3.05) is 25.2 Å². The fourth-order valence-corrected chi connectivity index (χ4v) is 2.80. The number of fused-ring (bicyclic) bond motifs is 1. The standard InChI is InChI=1S/C13H19NO3S/c1-13(16,8-18-2)7-14-11-6-17-12-5-9(15)3-4-10(11)12/h3-5,11,14-16H,6-8H2,1-2H3. The second-order valence-electron chi connectivity index (χ2n) is 4.90. The molecule has 1 heterocycles. The summed E-state index contributed by atoms with van der Waals surface area (Å²) in [5, 5.41) is 22.8. The van der Waals surface area contributed by atoms with Crippen LogP contribution in [0.1, 0.15) is 18.5 Å². The third kappa shape index (κ3) is 3.10. The molecule has 2 unspecified atom stereocenters. The fourth-order valence-electron chi connectivity index (χ4n) is 2.07. The summed E-state index contributed by atoms with van der Waals surface area (Å²) in [6.45, 7) is 2.88. The number of phenols is 1. The molecule has 0 saturated heterocycles. The van der Waals surface area contributed by atoms with Gasteiger partial charge in [-0.25, -0.2) is 0 Å². The van der Waals surface area contributed by atoms with Gasteiger partial charge in [0.25, 0.3) is 0 Å². The van der Waals surface area contributed by atoms with E-state index in [1.807, 2.05) is 19.2 Å². The highest BCUT2D eigenvalue weighted by atomic mass is 32.2. The predicted molar refractivity (Wildman–Crippen MR) is 73.4 cm³/mol. The van der Waals surface area contributed by atoms with Crippen molar-refractivity contribution in [1.82, 2.24) is 5.32 Å². The number of hydrogen-bond donors (Lipinski definition) is 3. The lowest BCUT2D eigenvalue weighted by Crippen LogP contribution is -2.41. The molecule has 0 saturated carbocycles. The number of benzene rings is 1. The molecule has 0 aromatic heterocycles. The minimum Gasteiger partial charge on any atom is -0.508 e. The third-order valence-corrected chi connectivity index (χ3v) is 3.87. The molecule has 0 aliphatic carbocycles. The van der Waals surface area contributed by atoms with Crippen LogP contribution in [0.4, 0.5) is 0 Å². The predicted octanol–water partition coefficient (Wildman–Crippen LogP) is 1.53. The number of rotatable bonds is 5. The Morgan fingerprint density at radius 1 is 1.56 bits per heavy atom. The molecule has 2 rings (SSSR count). The van der Waals surface area contributed by atoms with Crippen LogP contribution in [0.2, 0.25) is 0 Å². The Morgan fingerprint density at radius 3 is 3.06 bits per heavy atom. The smallest absolute Gasteiger partial charge is 0.127 e. The van der Waals surface area contributed by atoms with Crippen LogP contribution in [0.25, 0.3) is 0 Å². The van der Waals surface area contributed by atoms with Crippen LogP contribution in [-0.4, -0.2) is 41.0 Å². The van der Waals surface area contributed by atoms with Crippen molar-refractivity contribution < 1.29 is 14.9 Å². The van der Waals surface area contributed by atoms with Crippen LogP contribution in [-0.2, 0) is 0 Å². The maximum Gasteiger partial charge on any atom is 0.127 e. The molecule has 5 heteroatoms. The highest BCUT2D eigenvalue weighted by Crippen LogP contribution is 2.34. The molecule has 18 heavy (non-hydrogen) atoms. The van der Waals surface area contributed by atoms with Gasteiger partial charge in [-0.05, 0) is 25.3 Å². The van der Waals surface area contributed by atoms with Crippen molar-refractivity contribution in [3.63, 3.8) is 0 Å². The number of hydrogen-bond acceptors (Lipinski definition) is 5. The van der Waals surface area contributed by atoms with Crippen molar-refractivity contribution in [2.24, 2.45) is 0 Å². The van der Waals surface area contributed by atoms with Crippen LogP contribution < -0.4 is 10.1 Å². The van der Waals surface area contributed by atoms with Gasteiger partial charge in [0.15, 0.2) is 0 Å². The molecule has 0 radical (unpaired) electrons. The number of nitrogens with one attached hydrogen (secondary N) is 1. The van der Waals surface area contributed by atoms with E-state index in [0.717, 1.165) is 11.3 Å². The van der Waals surface area contributed by atoms with Gasteiger partial charge in [0, 0.05) is 23.9 Å². The number of ether oxygens (including phenoxy) is 1. The average Bonchev–Trinajstić information content (AvgIpc) is 2.68. The normalized spacial score (nSPS) is 21.2. The SMILES string of the molecule is CSCC(C)(O)CNC1COc2cc(O)ccc21. The Hall–Kier alpha value is -0.910. The van der Waals surface area contributed by atoms with E-state index in [9.17, 15) is 10.2 Å². The monoisotopic (exact) mass is 269 g/mol. The van der Waals surface area contributed by atoms with Crippen LogP contribution in [0.15, 0.2) is 18.2 Å². The van der Waals surface area contributed by atoms with Gasteiger partial charge in [0.05, 0.1) is 11.6 Å². The van der Waals surface area contributed by atoms with Crippen molar-refractivity contribution in [1.29, 1.82) is 0 Å². The van der Waals surface area contributed by atoms with Gasteiger partial charge >= 0.3 is 0 Å². The average molecular weight is 269 g/mol. The lowest BCUT2D eigenvalue weighted by Gasteiger charge is -2.24. The van der Waals surface area contributed by atoms with Gasteiger partial charge in [-0.3, -0.25) is 0 Å². The fraction of sp³-hybridized carbons (Fsp3) is 0.538. The van der Waals surface area contributed by atoms with Gasteiger partial charge < -0.3 is 20.3 Å². The van der Waals surface area contributed by atoms with Crippen LogP contribution in [0.3, 0.4) is 0 Å². The van der Waals surface area contributed by atoms with E-state index in [1.54, 1.807) is 23.9 Å². The molecule has 1 aromatic carbocycles. The maximum absolute atomic E-state index is 10.1. The van der Waals surface area contributed by atoms with Gasteiger partial charge in [-0.1, -0.05) is 0 Å². The molecule has 1 aliphatic heterocycles. The number of aromatic hydroxyl groups is 1. The Labute approximate surface area is 111 Å². The van der Waals surface area contributed by atoms with Crippen molar-refractivity contribution in [3.05, 3.63) is 23.8 Å². The first kappa shape index (κ1) is 13.5. The highest BCUT2D eigenvalue weighted by Gasteiger charge is 2.27. The zero-order valence-electron chi connectivity index (χ0n) is 10.6. The second kappa shape index (κ2) is 5.38. The summed E-state index contributed by atoms with van der Waals surface area (Å²) in [7, 11) is 0. The van der Waals surface area contributed by atoms with E-state index in [-0.39, 0.29) is 11.8 Å². The summed E-state index contributed by atoms with van der Waals surface area (Å²) in [6.07, 6.45) is 1.98. The molecular formula is C13H19NO3S. The molecule has 0 fully saturated rings. The first-order chi connectivity index (χ1) is 8.52. The van der Waals surface area contributed by atoms with Crippen molar-refractivity contribution in [3.8, 4) is 11.5 Å². The summed E-state index contributed by atoms with van der Waals surface area (Å²) in [5.74, 6) is 1.62. The molecule has 1 aliphatic rings. The third-order valence-electron chi connectivity index (χ3n) is 2.96. The summed E-state index contributed by atoms with van der Waals surface area (Å²) in [6, 6.07) is 5.21. The van der Waals surface area contributed by atoms with E-state index < -0.39 is 5.60 Å². The molecule has 100 valence electrons. The van der Waals surface area contributed by atoms with Gasteiger partial charge in [0.1, 0.15) is 18.1 Å². The molecule has 1 aromatic rings. The van der Waals surface area contributed by atoms with E-state index in [4.69, 9.17) is 4.74 Å². The minimum absolute atomic E-state index is 0.0777. The maximum atomic E-state index is 10.1. The molecule has 0 bridgehead atoms.